The fraction of sp³-hybridized carbons (Fsp3) is 0.467. The van der Waals surface area contributed by atoms with Crippen molar-refractivity contribution in [1.82, 2.24) is 21.3 Å². The van der Waals surface area contributed by atoms with Gasteiger partial charge in [-0.05, 0) is 55.9 Å². The van der Waals surface area contributed by atoms with Crippen molar-refractivity contribution in [3.8, 4) is 11.1 Å². The molecule has 0 radical (unpaired) electrons. The lowest BCUT2D eigenvalue weighted by Crippen LogP contribution is -2.50. The van der Waals surface area contributed by atoms with Gasteiger partial charge >= 0.3 is 24.2 Å². The monoisotopic (exact) mass is 568 g/mol. The molecule has 222 valence electrons. The molecule has 1 atom stereocenters. The van der Waals surface area contributed by atoms with E-state index < -0.39 is 35.8 Å². The molecule has 1 aliphatic rings. The molecule has 11 nitrogen and oxygen atoms in total. The lowest BCUT2D eigenvalue weighted by molar-refractivity contribution is -0.139. The molecule has 1 aliphatic carbocycles. The van der Waals surface area contributed by atoms with E-state index in [1.165, 1.54) is 0 Å². The number of benzene rings is 2. The number of urea groups is 1. The van der Waals surface area contributed by atoms with Crippen LogP contribution in [0.1, 0.15) is 63.5 Å². The Kier molecular flexibility index (Phi) is 11.4. The van der Waals surface area contributed by atoms with Gasteiger partial charge in [0.15, 0.2) is 0 Å². The van der Waals surface area contributed by atoms with Gasteiger partial charge in [0.1, 0.15) is 18.2 Å². The molecular formula is C30H40N4O7. The minimum absolute atomic E-state index is 0.0528. The van der Waals surface area contributed by atoms with E-state index in [2.05, 4.69) is 21.3 Å². The first-order chi connectivity index (χ1) is 19.5. The Morgan fingerprint density at radius 2 is 1.37 bits per heavy atom. The van der Waals surface area contributed by atoms with Gasteiger partial charge < -0.3 is 35.8 Å². The van der Waals surface area contributed by atoms with Crippen molar-refractivity contribution in [2.75, 3.05) is 26.2 Å². The van der Waals surface area contributed by atoms with Crippen molar-refractivity contribution in [3.63, 3.8) is 0 Å². The second kappa shape index (κ2) is 14.9. The summed E-state index contributed by atoms with van der Waals surface area (Å²) in [5.74, 6) is -1.44. The predicted molar refractivity (Wildman–Crippen MR) is 154 cm³/mol. The molecule has 0 bridgehead atoms. The summed E-state index contributed by atoms with van der Waals surface area (Å²) in [5, 5.41) is 19.7. The van der Waals surface area contributed by atoms with Gasteiger partial charge in [-0.25, -0.2) is 19.2 Å². The number of ether oxygens (including phenoxy) is 2. The van der Waals surface area contributed by atoms with Gasteiger partial charge in [-0.1, -0.05) is 61.4 Å². The van der Waals surface area contributed by atoms with E-state index in [4.69, 9.17) is 9.47 Å². The lowest BCUT2D eigenvalue weighted by Gasteiger charge is -2.19. The van der Waals surface area contributed by atoms with Crippen LogP contribution in [0, 0.1) is 0 Å². The number of alkyl carbamates (subject to hydrolysis) is 2. The molecule has 0 fully saturated rings. The van der Waals surface area contributed by atoms with Crippen LogP contribution in [-0.4, -0.2) is 67.2 Å². The molecule has 3 rings (SSSR count). The topological polar surface area (TPSA) is 155 Å². The molecule has 4 amide bonds. The maximum Gasteiger partial charge on any atom is 0.407 e. The third-order valence-electron chi connectivity index (χ3n) is 6.46. The highest BCUT2D eigenvalue weighted by atomic mass is 16.6. The number of carboxylic acid groups (broad SMARTS) is 1. The molecule has 0 saturated heterocycles. The minimum atomic E-state index is -1.35. The maximum absolute atomic E-state index is 12.4. The summed E-state index contributed by atoms with van der Waals surface area (Å²) in [4.78, 5) is 47.8. The number of carbonyl (C=O) groups is 4. The highest BCUT2D eigenvalue weighted by Crippen LogP contribution is 2.44. The number of aliphatic carboxylic acids is 1. The zero-order valence-corrected chi connectivity index (χ0v) is 23.8. The van der Waals surface area contributed by atoms with E-state index in [-0.39, 0.29) is 19.1 Å². The summed E-state index contributed by atoms with van der Waals surface area (Å²) in [5.41, 5.74) is 3.74. The largest absolute Gasteiger partial charge is 0.480 e. The Morgan fingerprint density at radius 3 is 1.93 bits per heavy atom. The van der Waals surface area contributed by atoms with E-state index in [9.17, 15) is 24.3 Å². The lowest BCUT2D eigenvalue weighted by atomic mass is 9.98. The third kappa shape index (κ3) is 10.0. The minimum Gasteiger partial charge on any atom is -0.480 e. The molecule has 0 unspecified atom stereocenters. The maximum atomic E-state index is 12.4. The first kappa shape index (κ1) is 31.3. The summed E-state index contributed by atoms with van der Waals surface area (Å²) in [7, 11) is 0. The van der Waals surface area contributed by atoms with E-state index in [1.54, 1.807) is 20.8 Å². The van der Waals surface area contributed by atoms with Crippen LogP contribution in [0.5, 0.6) is 0 Å². The Labute approximate surface area is 240 Å². The number of carboxylic acids is 1. The second-order valence-electron chi connectivity index (χ2n) is 10.8. The Morgan fingerprint density at radius 1 is 0.805 bits per heavy atom. The number of hydrogen-bond acceptors (Lipinski definition) is 6. The number of amides is 4. The Hall–Kier alpha value is -4.28. The van der Waals surface area contributed by atoms with Crippen LogP contribution in [-0.2, 0) is 14.3 Å². The zero-order chi connectivity index (χ0) is 29.8. The van der Waals surface area contributed by atoms with E-state index in [0.29, 0.717) is 13.1 Å². The average Bonchev–Trinajstić information content (AvgIpc) is 3.23. The van der Waals surface area contributed by atoms with Crippen LogP contribution in [0.2, 0.25) is 0 Å². The number of rotatable bonds is 13. The van der Waals surface area contributed by atoms with Crippen molar-refractivity contribution < 1.29 is 33.8 Å². The van der Waals surface area contributed by atoms with E-state index in [1.807, 2.05) is 48.5 Å². The third-order valence-corrected chi connectivity index (χ3v) is 6.46. The number of carbonyl (C=O) groups excluding carboxylic acids is 3. The fourth-order valence-corrected chi connectivity index (χ4v) is 4.55. The summed E-state index contributed by atoms with van der Waals surface area (Å²) >= 11 is 0. The van der Waals surface area contributed by atoms with Crippen LogP contribution < -0.4 is 21.3 Å². The summed E-state index contributed by atoms with van der Waals surface area (Å²) in [6, 6.07) is 13.9. The van der Waals surface area contributed by atoms with Crippen LogP contribution >= 0.6 is 0 Å². The SMILES string of the molecule is CC(C)(C)OC(=O)NCCCCCCNC(=O)NC[C@H](NC(=O)OCC1c2ccccc2-c2ccccc21)C(=O)O. The Balaban J connectivity index is 1.31. The molecule has 41 heavy (non-hydrogen) atoms. The number of fused-ring (bicyclic) bond motifs is 3. The van der Waals surface area contributed by atoms with Crippen molar-refractivity contribution in [2.24, 2.45) is 0 Å². The van der Waals surface area contributed by atoms with Crippen LogP contribution in [0.15, 0.2) is 48.5 Å². The zero-order valence-electron chi connectivity index (χ0n) is 23.8. The van der Waals surface area contributed by atoms with Crippen molar-refractivity contribution in [1.29, 1.82) is 0 Å². The standard InChI is InChI=1S/C30H40N4O7/c1-30(2,3)41-28(38)32-17-11-5-4-10-16-31-27(37)33-18-25(26(35)36)34-29(39)40-19-24-22-14-8-6-12-20(22)21-13-7-9-15-23(21)24/h6-9,12-15,24-25H,4-5,10-11,16-19H2,1-3H3,(H,32,38)(H,34,39)(H,35,36)(H2,31,33,37)/t25-/m0/s1. The van der Waals surface area contributed by atoms with Gasteiger partial charge in [-0.3, -0.25) is 0 Å². The highest BCUT2D eigenvalue weighted by molar-refractivity contribution is 5.82. The fourth-order valence-electron chi connectivity index (χ4n) is 4.55. The average molecular weight is 569 g/mol. The molecule has 11 heteroatoms. The van der Waals surface area contributed by atoms with Crippen LogP contribution in [0.25, 0.3) is 11.1 Å². The van der Waals surface area contributed by atoms with E-state index >= 15 is 0 Å². The molecule has 5 N–H and O–H groups in total. The van der Waals surface area contributed by atoms with Crippen molar-refractivity contribution in [3.05, 3.63) is 59.7 Å². The van der Waals surface area contributed by atoms with Gasteiger partial charge in [-0.2, -0.15) is 0 Å². The highest BCUT2D eigenvalue weighted by Gasteiger charge is 2.30. The van der Waals surface area contributed by atoms with Gasteiger partial charge in [0.25, 0.3) is 0 Å². The smallest absolute Gasteiger partial charge is 0.407 e. The first-order valence-electron chi connectivity index (χ1n) is 13.9. The molecular weight excluding hydrogens is 528 g/mol. The van der Waals surface area contributed by atoms with Gasteiger partial charge in [0.2, 0.25) is 0 Å². The van der Waals surface area contributed by atoms with Crippen molar-refractivity contribution in [2.45, 2.75) is 64.0 Å². The molecule has 2 aromatic rings. The van der Waals surface area contributed by atoms with Gasteiger partial charge in [-0.15, -0.1) is 0 Å². The number of nitrogens with one attached hydrogen (secondary N) is 4. The number of hydrogen-bond donors (Lipinski definition) is 5. The van der Waals surface area contributed by atoms with Crippen LogP contribution in [0.4, 0.5) is 14.4 Å². The molecule has 2 aromatic carbocycles. The summed E-state index contributed by atoms with van der Waals surface area (Å²) in [6.07, 6.45) is 1.90. The predicted octanol–water partition coefficient (Wildman–Crippen LogP) is 4.36. The van der Waals surface area contributed by atoms with Crippen molar-refractivity contribution >= 4 is 24.2 Å². The Bertz CT molecular complexity index is 1170. The molecule has 0 spiro atoms. The van der Waals surface area contributed by atoms with Gasteiger partial charge in [0, 0.05) is 19.0 Å². The van der Waals surface area contributed by atoms with Gasteiger partial charge in [0.05, 0.1) is 6.54 Å². The summed E-state index contributed by atoms with van der Waals surface area (Å²) < 4.78 is 10.6. The molecule has 0 aromatic heterocycles. The molecule has 0 saturated carbocycles. The normalized spacial score (nSPS) is 12.9. The molecule has 0 heterocycles. The summed E-state index contributed by atoms with van der Waals surface area (Å²) in [6.45, 7) is 6.08. The van der Waals surface area contributed by atoms with Crippen LogP contribution in [0.3, 0.4) is 0 Å². The second-order valence-corrected chi connectivity index (χ2v) is 10.8. The first-order valence-corrected chi connectivity index (χ1v) is 13.9. The quantitative estimate of drug-likeness (QED) is 0.225. The molecule has 0 aliphatic heterocycles. The number of unbranched alkanes of at least 4 members (excludes halogenated alkanes) is 3. The van der Waals surface area contributed by atoms with E-state index in [0.717, 1.165) is 47.9 Å².